The van der Waals surface area contributed by atoms with Gasteiger partial charge in [-0.3, -0.25) is 4.90 Å². The molecule has 2 aliphatic heterocycles. The van der Waals surface area contributed by atoms with E-state index in [4.69, 9.17) is 9.72 Å². The van der Waals surface area contributed by atoms with E-state index in [-0.39, 0.29) is 12.1 Å². The fourth-order valence-electron chi connectivity index (χ4n) is 5.58. The maximum Gasteiger partial charge on any atom is 0.410 e. The largest absolute Gasteiger partial charge is 0.444 e. The Morgan fingerprint density at radius 1 is 0.976 bits per heavy atom. The van der Waals surface area contributed by atoms with E-state index in [1.54, 1.807) is 11.2 Å². The minimum Gasteiger partial charge on any atom is -0.444 e. The number of H-pyrrole nitrogens is 1. The number of nitrogens with zero attached hydrogens (tertiary/aromatic N) is 7. The number of imidazole rings is 1. The maximum absolute atomic E-state index is 12.4. The number of rotatable bonds is 6. The van der Waals surface area contributed by atoms with Gasteiger partial charge in [-0.1, -0.05) is 6.07 Å². The van der Waals surface area contributed by atoms with Gasteiger partial charge in [-0.05, 0) is 70.4 Å². The number of benzene rings is 1. The predicted octanol–water partition coefficient (Wildman–Crippen LogP) is 5.37. The molecule has 0 aliphatic carbocycles. The summed E-state index contributed by atoms with van der Waals surface area (Å²) in [5.74, 6) is 2.33. The number of hydrogen-bond donors (Lipinski definition) is 2. The maximum atomic E-state index is 12.4. The zero-order chi connectivity index (χ0) is 29.3. The first-order valence-electron chi connectivity index (χ1n) is 14.7. The molecule has 0 radical (unpaired) electrons. The summed E-state index contributed by atoms with van der Waals surface area (Å²) in [7, 11) is 0. The SMILES string of the molecule is CC(c1ccnc(Nc2nc3ccc(-c4cc(N5CCCC5)ncn4)cc3[nH]2)c1)N1CCN(C(=O)OC(C)(C)C)CC1. The molecule has 1 amide bonds. The van der Waals surface area contributed by atoms with Crippen LogP contribution >= 0.6 is 0 Å². The van der Waals surface area contributed by atoms with Gasteiger partial charge in [0.15, 0.2) is 0 Å². The highest BCUT2D eigenvalue weighted by molar-refractivity contribution is 5.83. The number of aromatic nitrogens is 5. The summed E-state index contributed by atoms with van der Waals surface area (Å²) in [4.78, 5) is 40.6. The quantitative estimate of drug-likeness (QED) is 0.316. The van der Waals surface area contributed by atoms with Crippen molar-refractivity contribution < 1.29 is 9.53 Å². The molecular formula is C31H39N9O2. The highest BCUT2D eigenvalue weighted by Gasteiger charge is 2.28. The minimum absolute atomic E-state index is 0.172. The average Bonchev–Trinajstić information content (AvgIpc) is 3.66. The Kier molecular flexibility index (Phi) is 7.68. The molecule has 42 heavy (non-hydrogen) atoms. The molecule has 1 atom stereocenters. The van der Waals surface area contributed by atoms with Crippen LogP contribution in [-0.2, 0) is 4.74 Å². The molecule has 0 bridgehead atoms. The van der Waals surface area contributed by atoms with E-state index in [1.807, 2.05) is 45.2 Å². The Morgan fingerprint density at radius 3 is 2.52 bits per heavy atom. The smallest absolute Gasteiger partial charge is 0.410 e. The van der Waals surface area contributed by atoms with Crippen molar-refractivity contribution in [3.8, 4) is 11.3 Å². The van der Waals surface area contributed by atoms with Gasteiger partial charge in [0.05, 0.1) is 16.7 Å². The zero-order valence-electron chi connectivity index (χ0n) is 24.8. The minimum atomic E-state index is -0.488. The van der Waals surface area contributed by atoms with Crippen molar-refractivity contribution in [3.05, 3.63) is 54.5 Å². The highest BCUT2D eigenvalue weighted by Crippen LogP contribution is 2.28. The van der Waals surface area contributed by atoms with Crippen LogP contribution in [0.2, 0.25) is 0 Å². The molecule has 5 heterocycles. The summed E-state index contributed by atoms with van der Waals surface area (Å²) in [5, 5.41) is 3.34. The average molecular weight is 570 g/mol. The first-order chi connectivity index (χ1) is 20.2. The molecule has 220 valence electrons. The van der Waals surface area contributed by atoms with E-state index in [2.05, 4.69) is 60.2 Å². The molecular weight excluding hydrogens is 530 g/mol. The monoisotopic (exact) mass is 569 g/mol. The summed E-state index contributed by atoms with van der Waals surface area (Å²) < 4.78 is 5.54. The van der Waals surface area contributed by atoms with Gasteiger partial charge in [-0.15, -0.1) is 0 Å². The Hall–Kier alpha value is -4.25. The zero-order valence-corrected chi connectivity index (χ0v) is 24.8. The molecule has 0 saturated carbocycles. The lowest BCUT2D eigenvalue weighted by molar-refractivity contribution is 0.0110. The van der Waals surface area contributed by atoms with E-state index in [1.165, 1.54) is 12.8 Å². The molecule has 1 unspecified atom stereocenters. The van der Waals surface area contributed by atoms with Crippen LogP contribution in [0.15, 0.2) is 48.9 Å². The van der Waals surface area contributed by atoms with Gasteiger partial charge in [0.25, 0.3) is 0 Å². The molecule has 1 aromatic carbocycles. The number of fused-ring (bicyclic) bond motifs is 1. The summed E-state index contributed by atoms with van der Waals surface area (Å²) in [6.45, 7) is 12.8. The van der Waals surface area contributed by atoms with E-state index in [0.717, 1.165) is 65.7 Å². The number of hydrogen-bond acceptors (Lipinski definition) is 9. The first-order valence-corrected chi connectivity index (χ1v) is 14.7. The van der Waals surface area contributed by atoms with Crippen LogP contribution in [0, 0.1) is 0 Å². The second-order valence-electron chi connectivity index (χ2n) is 12.1. The number of piperazine rings is 1. The van der Waals surface area contributed by atoms with Crippen LogP contribution in [0.25, 0.3) is 22.3 Å². The van der Waals surface area contributed by atoms with Crippen molar-refractivity contribution in [1.29, 1.82) is 0 Å². The van der Waals surface area contributed by atoms with E-state index < -0.39 is 5.60 Å². The number of ether oxygens (including phenoxy) is 1. The molecule has 3 aromatic heterocycles. The van der Waals surface area contributed by atoms with E-state index >= 15 is 0 Å². The Morgan fingerprint density at radius 2 is 1.76 bits per heavy atom. The van der Waals surface area contributed by atoms with Gasteiger partial charge in [-0.2, -0.15) is 0 Å². The fourth-order valence-corrected chi connectivity index (χ4v) is 5.58. The van der Waals surface area contributed by atoms with Crippen LogP contribution in [0.4, 0.5) is 22.4 Å². The number of pyridine rings is 1. The van der Waals surface area contributed by atoms with Crippen LogP contribution in [0.1, 0.15) is 52.1 Å². The topological polar surface area (TPSA) is 115 Å². The fraction of sp³-hybridized carbons (Fsp3) is 0.452. The van der Waals surface area contributed by atoms with Crippen LogP contribution < -0.4 is 10.2 Å². The van der Waals surface area contributed by atoms with Gasteiger partial charge in [0, 0.05) is 63.1 Å². The summed E-state index contributed by atoms with van der Waals surface area (Å²) in [6.07, 6.45) is 5.64. The van der Waals surface area contributed by atoms with Gasteiger partial charge in [-0.25, -0.2) is 24.7 Å². The number of anilines is 3. The van der Waals surface area contributed by atoms with Crippen molar-refractivity contribution in [1.82, 2.24) is 34.7 Å². The van der Waals surface area contributed by atoms with Gasteiger partial charge in [0.2, 0.25) is 5.95 Å². The third-order valence-corrected chi connectivity index (χ3v) is 7.89. The molecule has 11 nitrogen and oxygen atoms in total. The number of aromatic amines is 1. The molecule has 4 aromatic rings. The van der Waals surface area contributed by atoms with E-state index in [0.29, 0.717) is 19.0 Å². The molecule has 2 N–H and O–H groups in total. The van der Waals surface area contributed by atoms with Crippen molar-refractivity contribution >= 4 is 34.7 Å². The van der Waals surface area contributed by atoms with Gasteiger partial charge >= 0.3 is 6.09 Å². The highest BCUT2D eigenvalue weighted by atomic mass is 16.6. The predicted molar refractivity (Wildman–Crippen MR) is 164 cm³/mol. The van der Waals surface area contributed by atoms with Crippen LogP contribution in [-0.4, -0.2) is 85.7 Å². The van der Waals surface area contributed by atoms with Crippen LogP contribution in [0.5, 0.6) is 0 Å². The molecule has 2 aliphatic rings. The lowest BCUT2D eigenvalue weighted by Crippen LogP contribution is -2.50. The molecule has 2 fully saturated rings. The van der Waals surface area contributed by atoms with Crippen molar-refractivity contribution in [3.63, 3.8) is 0 Å². The standard InChI is InChI=1S/C31H39N9O2/c1-21(38-13-15-40(16-14-38)30(41)42-31(2,3)4)22-9-10-32-27(18-22)37-29-35-24-8-7-23(17-26(24)36-29)25-19-28(34-20-33-25)39-11-5-6-12-39/h7-10,17-21H,5-6,11-16H2,1-4H3,(H2,32,35,36,37). The molecule has 11 heteroatoms. The lowest BCUT2D eigenvalue weighted by atomic mass is 10.1. The normalized spacial score (nSPS) is 17.0. The summed E-state index contributed by atoms with van der Waals surface area (Å²) in [6, 6.07) is 12.5. The van der Waals surface area contributed by atoms with Crippen molar-refractivity contribution in [2.45, 2.75) is 52.2 Å². The second-order valence-corrected chi connectivity index (χ2v) is 12.1. The van der Waals surface area contributed by atoms with Crippen LogP contribution in [0.3, 0.4) is 0 Å². The first kappa shape index (κ1) is 27.9. The Labute approximate surface area is 246 Å². The van der Waals surface area contributed by atoms with Crippen molar-refractivity contribution in [2.24, 2.45) is 0 Å². The Bertz CT molecular complexity index is 1550. The van der Waals surface area contributed by atoms with E-state index in [9.17, 15) is 4.79 Å². The molecule has 6 rings (SSSR count). The molecule has 2 saturated heterocycles. The van der Waals surface area contributed by atoms with Gasteiger partial charge in [0.1, 0.15) is 23.6 Å². The summed E-state index contributed by atoms with van der Waals surface area (Å²) in [5.41, 5.74) is 4.35. The third kappa shape index (κ3) is 6.30. The second kappa shape index (κ2) is 11.6. The number of carbonyl (C=O) groups excluding carboxylic acids is 1. The van der Waals surface area contributed by atoms with Gasteiger partial charge < -0.3 is 24.8 Å². The third-order valence-electron chi connectivity index (χ3n) is 7.89. The Balaban J connectivity index is 1.11. The number of nitrogens with one attached hydrogen (secondary N) is 2. The number of carbonyl (C=O) groups is 1. The summed E-state index contributed by atoms with van der Waals surface area (Å²) >= 11 is 0. The van der Waals surface area contributed by atoms with Crippen molar-refractivity contribution in [2.75, 3.05) is 49.5 Å². The lowest BCUT2D eigenvalue weighted by Gasteiger charge is -2.38. The molecule has 0 spiro atoms. The number of amides is 1.